The zero-order chi connectivity index (χ0) is 36.5. The van der Waals surface area contributed by atoms with Crippen LogP contribution in [0.3, 0.4) is 0 Å². The molecule has 0 aliphatic rings. The molecule has 4 aromatic carbocycles. The minimum atomic E-state index is -1.70. The second kappa shape index (κ2) is 16.5. The highest BCUT2D eigenvalue weighted by Crippen LogP contribution is 2.21. The van der Waals surface area contributed by atoms with E-state index in [1.54, 1.807) is 60.7 Å². The van der Waals surface area contributed by atoms with Gasteiger partial charge in [0.2, 0.25) is 17.7 Å². The molecule has 14 heteroatoms. The summed E-state index contributed by atoms with van der Waals surface area (Å²) in [6.45, 7) is 0. The number of halogens is 1. The number of benzene rings is 4. The highest BCUT2D eigenvalue weighted by molar-refractivity contribution is 6.31. The van der Waals surface area contributed by atoms with E-state index in [0.29, 0.717) is 27.2 Å². The Labute approximate surface area is 296 Å². The standard InChI is InChI=1S/C37H34ClN5O8/c38-25-12-13-27-24(18-25)19-30(40-27)36(50)42-29(17-21-10-11-22-6-4-5-7-23(22)16-21)35(49)43-31(20-33(46)47)37(51)41-28(14-15-32(44)45)34(48)39-26-8-2-1-3-9-26/h1-13,16,18-19,28-29,31,40H,14-15,17,20H2,(H,39,48)(H,41,51)(H,42,50)(H,43,49)(H,44,45)(H,46,47)/t28-,29-,31-/m0/s1. The van der Waals surface area contributed by atoms with Gasteiger partial charge in [-0.05, 0) is 59.2 Å². The first kappa shape index (κ1) is 36.1. The van der Waals surface area contributed by atoms with Gasteiger partial charge in [0.15, 0.2) is 0 Å². The normalized spacial score (nSPS) is 12.7. The molecule has 0 bridgehead atoms. The maximum Gasteiger partial charge on any atom is 0.305 e. The number of amides is 4. The average Bonchev–Trinajstić information content (AvgIpc) is 3.53. The van der Waals surface area contributed by atoms with Crippen molar-refractivity contribution in [3.63, 3.8) is 0 Å². The number of aromatic nitrogens is 1. The van der Waals surface area contributed by atoms with Crippen LogP contribution in [0, 0.1) is 0 Å². The molecule has 0 spiro atoms. The number of aromatic amines is 1. The fourth-order valence-electron chi connectivity index (χ4n) is 5.49. The summed E-state index contributed by atoms with van der Waals surface area (Å²) in [6, 6.07) is 23.5. The first-order valence-corrected chi connectivity index (χ1v) is 16.3. The number of carbonyl (C=O) groups excluding carboxylic acids is 4. The largest absolute Gasteiger partial charge is 0.481 e. The molecule has 5 rings (SSSR count). The van der Waals surface area contributed by atoms with Gasteiger partial charge in [-0.3, -0.25) is 28.8 Å². The summed E-state index contributed by atoms with van der Waals surface area (Å²) < 4.78 is 0. The van der Waals surface area contributed by atoms with Gasteiger partial charge in [-0.25, -0.2) is 0 Å². The summed E-state index contributed by atoms with van der Waals surface area (Å²) >= 11 is 6.10. The number of hydrogen-bond donors (Lipinski definition) is 7. The maximum atomic E-state index is 13.9. The molecule has 3 atom stereocenters. The third-order valence-corrected chi connectivity index (χ3v) is 8.27. The molecule has 0 saturated heterocycles. The van der Waals surface area contributed by atoms with E-state index in [4.69, 9.17) is 11.6 Å². The Balaban J connectivity index is 1.38. The molecule has 7 N–H and O–H groups in total. The van der Waals surface area contributed by atoms with Crippen LogP contribution in [0.5, 0.6) is 0 Å². The lowest BCUT2D eigenvalue weighted by Gasteiger charge is -2.24. The van der Waals surface area contributed by atoms with E-state index in [1.807, 2.05) is 36.4 Å². The lowest BCUT2D eigenvalue weighted by Crippen LogP contribution is -2.57. The molecule has 1 heterocycles. The first-order valence-electron chi connectivity index (χ1n) is 15.9. The first-order chi connectivity index (χ1) is 24.4. The SMILES string of the molecule is O=C(O)CC[C@H](NC(=O)[C@H](CC(=O)O)NC(=O)[C@H](Cc1ccc2ccccc2c1)NC(=O)c1cc2cc(Cl)ccc2[nH]1)C(=O)Nc1ccccc1. The van der Waals surface area contributed by atoms with Gasteiger partial charge in [0, 0.05) is 34.5 Å². The Kier molecular flexibility index (Phi) is 11.6. The summed E-state index contributed by atoms with van der Waals surface area (Å²) in [5.74, 6) is -5.94. The van der Waals surface area contributed by atoms with Crippen LogP contribution >= 0.6 is 11.6 Å². The van der Waals surface area contributed by atoms with Gasteiger partial charge in [-0.2, -0.15) is 0 Å². The zero-order valence-corrected chi connectivity index (χ0v) is 27.8. The van der Waals surface area contributed by atoms with Crippen LogP contribution in [-0.4, -0.2) is 68.9 Å². The lowest BCUT2D eigenvalue weighted by atomic mass is 10.0. The van der Waals surface area contributed by atoms with Crippen LogP contribution < -0.4 is 21.3 Å². The van der Waals surface area contributed by atoms with Gasteiger partial charge in [0.1, 0.15) is 23.8 Å². The van der Waals surface area contributed by atoms with E-state index in [-0.39, 0.29) is 18.5 Å². The second-order valence-electron chi connectivity index (χ2n) is 11.8. The van der Waals surface area contributed by atoms with Gasteiger partial charge in [0.05, 0.1) is 6.42 Å². The Morgan fingerprint density at radius 2 is 1.33 bits per heavy atom. The lowest BCUT2D eigenvalue weighted by molar-refractivity contribution is -0.141. The third-order valence-electron chi connectivity index (χ3n) is 8.04. The number of hydrogen-bond acceptors (Lipinski definition) is 6. The van der Waals surface area contributed by atoms with Crippen molar-refractivity contribution < 1.29 is 39.0 Å². The summed E-state index contributed by atoms with van der Waals surface area (Å²) in [5, 5.41) is 32.0. The van der Waals surface area contributed by atoms with Gasteiger partial charge >= 0.3 is 11.9 Å². The van der Waals surface area contributed by atoms with Gasteiger partial charge in [0.25, 0.3) is 5.91 Å². The quantitative estimate of drug-likeness (QED) is 0.0833. The van der Waals surface area contributed by atoms with Crippen LogP contribution in [-0.2, 0) is 30.4 Å². The Hall–Kier alpha value is -6.21. The molecule has 0 fully saturated rings. The molecule has 0 saturated carbocycles. The monoisotopic (exact) mass is 711 g/mol. The van der Waals surface area contributed by atoms with Crippen LogP contribution in [0.4, 0.5) is 5.69 Å². The molecule has 0 aliphatic heterocycles. The predicted molar refractivity (Wildman–Crippen MR) is 190 cm³/mol. The summed E-state index contributed by atoms with van der Waals surface area (Å²) in [6.07, 6.45) is -1.70. The number of aliphatic carboxylic acids is 2. The summed E-state index contributed by atoms with van der Waals surface area (Å²) in [5.41, 5.74) is 1.82. The molecule has 0 radical (unpaired) electrons. The van der Waals surface area contributed by atoms with E-state index >= 15 is 0 Å². The van der Waals surface area contributed by atoms with Crippen molar-refractivity contribution in [3.05, 3.63) is 113 Å². The van der Waals surface area contributed by atoms with Gasteiger partial charge in [-0.1, -0.05) is 72.3 Å². The number of H-pyrrole nitrogens is 1. The molecule has 0 unspecified atom stereocenters. The highest BCUT2D eigenvalue weighted by Gasteiger charge is 2.32. The molecule has 1 aromatic heterocycles. The van der Waals surface area contributed by atoms with Gasteiger partial charge < -0.3 is 36.5 Å². The van der Waals surface area contributed by atoms with E-state index in [1.165, 1.54) is 0 Å². The maximum absolute atomic E-state index is 13.9. The smallest absolute Gasteiger partial charge is 0.305 e. The van der Waals surface area contributed by atoms with Crippen molar-refractivity contribution in [2.24, 2.45) is 0 Å². The van der Waals surface area contributed by atoms with E-state index in [9.17, 15) is 39.0 Å². The van der Waals surface area contributed by atoms with Crippen LogP contribution in [0.25, 0.3) is 21.7 Å². The minimum absolute atomic E-state index is 0.0312. The van der Waals surface area contributed by atoms with E-state index < -0.39 is 66.5 Å². The number of para-hydroxylation sites is 1. The summed E-state index contributed by atoms with van der Waals surface area (Å²) in [4.78, 5) is 80.1. The van der Waals surface area contributed by atoms with Gasteiger partial charge in [-0.15, -0.1) is 0 Å². The fourth-order valence-corrected chi connectivity index (χ4v) is 5.67. The molecular formula is C37H34ClN5O8. The Morgan fingerprint density at radius 3 is 2.06 bits per heavy atom. The second-order valence-corrected chi connectivity index (χ2v) is 12.3. The Morgan fingerprint density at radius 1 is 0.647 bits per heavy atom. The van der Waals surface area contributed by atoms with E-state index in [2.05, 4.69) is 26.3 Å². The molecule has 4 amide bonds. The highest BCUT2D eigenvalue weighted by atomic mass is 35.5. The third kappa shape index (κ3) is 9.92. The molecular weight excluding hydrogens is 678 g/mol. The number of rotatable bonds is 15. The molecule has 51 heavy (non-hydrogen) atoms. The van der Waals surface area contributed by atoms with Crippen molar-refractivity contribution in [1.82, 2.24) is 20.9 Å². The Bertz CT molecular complexity index is 2100. The van der Waals surface area contributed by atoms with Crippen molar-refractivity contribution in [2.45, 2.75) is 43.8 Å². The van der Waals surface area contributed by atoms with Crippen molar-refractivity contribution in [1.29, 1.82) is 0 Å². The number of nitrogens with one attached hydrogen (secondary N) is 5. The fraction of sp³-hybridized carbons (Fsp3) is 0.189. The van der Waals surface area contributed by atoms with Crippen LogP contribution in [0.1, 0.15) is 35.3 Å². The topological polar surface area (TPSA) is 207 Å². The number of carboxylic acids is 2. The average molecular weight is 712 g/mol. The van der Waals surface area contributed by atoms with E-state index in [0.717, 1.165) is 10.8 Å². The number of carboxylic acid groups (broad SMARTS) is 2. The van der Waals surface area contributed by atoms with Crippen LogP contribution in [0.2, 0.25) is 5.02 Å². The number of fused-ring (bicyclic) bond motifs is 2. The molecule has 5 aromatic rings. The number of anilines is 1. The molecule has 0 aliphatic carbocycles. The molecule has 13 nitrogen and oxygen atoms in total. The predicted octanol–water partition coefficient (Wildman–Crippen LogP) is 4.26. The zero-order valence-electron chi connectivity index (χ0n) is 27.0. The minimum Gasteiger partial charge on any atom is -0.481 e. The van der Waals surface area contributed by atoms with Crippen molar-refractivity contribution in [3.8, 4) is 0 Å². The van der Waals surface area contributed by atoms with Crippen molar-refractivity contribution >= 4 is 74.5 Å². The van der Waals surface area contributed by atoms with Crippen LogP contribution in [0.15, 0.2) is 97.1 Å². The molecule has 262 valence electrons. The van der Waals surface area contributed by atoms with Crippen molar-refractivity contribution in [2.75, 3.05) is 5.32 Å². The number of carbonyl (C=O) groups is 6. The summed E-state index contributed by atoms with van der Waals surface area (Å²) in [7, 11) is 0.